The second kappa shape index (κ2) is 2.54. The number of aromatic nitrogens is 2. The molecule has 5 heteroatoms. The lowest BCUT2D eigenvalue weighted by molar-refractivity contribution is 0.686. The molecule has 1 heterocycles. The molecule has 0 aliphatic carbocycles. The normalized spacial score (nSPS) is 15.3. The van der Waals surface area contributed by atoms with Crippen molar-refractivity contribution in [2.45, 2.75) is 0 Å². The van der Waals surface area contributed by atoms with E-state index in [4.69, 9.17) is 15.7 Å². The molecule has 0 bridgehead atoms. The van der Waals surface area contributed by atoms with E-state index >= 15 is 0 Å². The Balaban J connectivity index is 3.71. The largest absolute Gasteiger partial charge is 0.331 e. The fourth-order valence-corrected chi connectivity index (χ4v) is 0.765. The summed E-state index contributed by atoms with van der Waals surface area (Å²) in [6.45, 7) is -2.78. The molecule has 0 saturated carbocycles. The van der Waals surface area contributed by atoms with Gasteiger partial charge in [0.25, 0.3) is 5.56 Å². The van der Waals surface area contributed by atoms with E-state index in [-0.39, 0.29) is 9.72 Å². The van der Waals surface area contributed by atoms with E-state index < -0.39 is 18.2 Å². The molecule has 0 fully saturated rings. The van der Waals surface area contributed by atoms with Gasteiger partial charge in [-0.1, -0.05) is 11.6 Å². The Morgan fingerprint density at radius 3 is 2.73 bits per heavy atom. The molecule has 0 aliphatic rings. The van der Waals surface area contributed by atoms with Gasteiger partial charge in [0.15, 0.2) is 0 Å². The molecule has 0 spiro atoms. The SMILES string of the molecule is [2H]C([2H])([2H])n1c(=O)cc(Cl)n(C)c1=O. The van der Waals surface area contributed by atoms with Gasteiger partial charge in [0.1, 0.15) is 5.15 Å². The molecule has 60 valence electrons. The molecular weight excluding hydrogens is 168 g/mol. The van der Waals surface area contributed by atoms with Gasteiger partial charge in [-0.3, -0.25) is 13.9 Å². The smallest absolute Gasteiger partial charge is 0.287 e. The first-order chi connectivity index (χ1) is 6.25. The Hall–Kier alpha value is -1.03. The Morgan fingerprint density at radius 2 is 2.18 bits per heavy atom. The highest BCUT2D eigenvalue weighted by Gasteiger charge is 2.01. The van der Waals surface area contributed by atoms with Gasteiger partial charge in [-0.25, -0.2) is 4.79 Å². The average Bonchev–Trinajstić information content (AvgIpc) is 1.97. The van der Waals surface area contributed by atoms with Crippen molar-refractivity contribution in [3.05, 3.63) is 32.1 Å². The molecule has 11 heavy (non-hydrogen) atoms. The van der Waals surface area contributed by atoms with Crippen molar-refractivity contribution in [1.29, 1.82) is 0 Å². The van der Waals surface area contributed by atoms with Crippen molar-refractivity contribution in [1.82, 2.24) is 9.13 Å². The minimum Gasteiger partial charge on any atom is -0.287 e. The van der Waals surface area contributed by atoms with Crippen LogP contribution >= 0.6 is 11.6 Å². The van der Waals surface area contributed by atoms with E-state index in [9.17, 15) is 9.59 Å². The van der Waals surface area contributed by atoms with Gasteiger partial charge < -0.3 is 0 Å². The van der Waals surface area contributed by atoms with Crippen molar-refractivity contribution < 1.29 is 4.11 Å². The summed E-state index contributed by atoms with van der Waals surface area (Å²) in [5.41, 5.74) is -1.89. The molecule has 0 saturated heterocycles. The summed E-state index contributed by atoms with van der Waals surface area (Å²) in [6.07, 6.45) is 0. The third-order valence-electron chi connectivity index (χ3n) is 1.26. The molecule has 1 aromatic heterocycles. The summed E-state index contributed by atoms with van der Waals surface area (Å²) in [7, 11) is 1.28. The van der Waals surface area contributed by atoms with Crippen LogP contribution in [0.5, 0.6) is 0 Å². The van der Waals surface area contributed by atoms with E-state index in [1.165, 1.54) is 7.05 Å². The minimum absolute atomic E-state index is 0.0968. The minimum atomic E-state index is -2.78. The number of hydrogen-bond acceptors (Lipinski definition) is 2. The monoisotopic (exact) mass is 177 g/mol. The van der Waals surface area contributed by atoms with Crippen LogP contribution in [-0.4, -0.2) is 9.13 Å². The number of rotatable bonds is 0. The highest BCUT2D eigenvalue weighted by atomic mass is 35.5. The lowest BCUT2D eigenvalue weighted by Gasteiger charge is -2.01. The van der Waals surface area contributed by atoms with Crippen LogP contribution in [-0.2, 0) is 14.0 Å². The third-order valence-corrected chi connectivity index (χ3v) is 1.62. The summed E-state index contributed by atoms with van der Waals surface area (Å²) < 4.78 is 21.9. The van der Waals surface area contributed by atoms with E-state index in [1.807, 2.05) is 0 Å². The maximum absolute atomic E-state index is 11.3. The first-order valence-electron chi connectivity index (χ1n) is 4.24. The predicted octanol–water partition coefficient (Wildman–Crippen LogP) is -0.263. The van der Waals surface area contributed by atoms with Crippen LogP contribution in [0.15, 0.2) is 15.7 Å². The second-order valence-corrected chi connectivity index (χ2v) is 2.37. The quantitative estimate of drug-likeness (QED) is 0.513. The number of nitrogens with zero attached hydrogens (tertiary/aromatic N) is 2. The Bertz CT molecular complexity index is 473. The van der Waals surface area contributed by atoms with Crippen LogP contribution in [0.1, 0.15) is 4.11 Å². The number of hydrogen-bond donors (Lipinski definition) is 0. The molecule has 0 aromatic carbocycles. The lowest BCUT2D eigenvalue weighted by Crippen LogP contribution is -2.36. The predicted molar refractivity (Wildman–Crippen MR) is 41.9 cm³/mol. The molecule has 0 N–H and O–H groups in total. The zero-order chi connectivity index (χ0) is 11.1. The molecule has 0 radical (unpaired) electrons. The van der Waals surface area contributed by atoms with Crippen molar-refractivity contribution in [3.8, 4) is 0 Å². The van der Waals surface area contributed by atoms with Gasteiger partial charge in [0, 0.05) is 24.2 Å². The van der Waals surface area contributed by atoms with Gasteiger partial charge in [-0.15, -0.1) is 0 Å². The zero-order valence-corrected chi connectivity index (χ0v) is 6.42. The summed E-state index contributed by atoms with van der Waals surface area (Å²) in [5.74, 6) is 0. The Kier molecular flexibility index (Phi) is 1.10. The van der Waals surface area contributed by atoms with Gasteiger partial charge >= 0.3 is 5.69 Å². The van der Waals surface area contributed by atoms with Crippen molar-refractivity contribution >= 4 is 11.6 Å². The zero-order valence-electron chi connectivity index (χ0n) is 8.67. The second-order valence-electron chi connectivity index (χ2n) is 1.98. The Morgan fingerprint density at radius 1 is 1.55 bits per heavy atom. The van der Waals surface area contributed by atoms with Gasteiger partial charge in [0.05, 0.1) is 0 Å². The maximum atomic E-state index is 11.3. The van der Waals surface area contributed by atoms with Crippen LogP contribution in [0.2, 0.25) is 5.15 Å². The first-order valence-corrected chi connectivity index (χ1v) is 3.12. The molecule has 0 amide bonds. The number of halogens is 1. The van der Waals surface area contributed by atoms with Gasteiger partial charge in [-0.2, -0.15) is 0 Å². The summed E-state index contributed by atoms with van der Waals surface area (Å²) in [5, 5.41) is -0.0968. The standard InChI is InChI=1S/C6H7ClN2O2/c1-8-4(7)3-5(10)9(2)6(8)11/h3H,1-2H3/i2D3. The van der Waals surface area contributed by atoms with E-state index in [0.29, 0.717) is 0 Å². The van der Waals surface area contributed by atoms with Crippen LogP contribution in [0.4, 0.5) is 0 Å². The molecule has 1 aromatic rings. The van der Waals surface area contributed by atoms with Crippen LogP contribution in [0, 0.1) is 0 Å². The lowest BCUT2D eigenvalue weighted by atomic mass is 10.6. The Labute approximate surface area is 71.9 Å². The molecular formula is C6H7ClN2O2. The van der Waals surface area contributed by atoms with Crippen molar-refractivity contribution in [2.75, 3.05) is 0 Å². The van der Waals surface area contributed by atoms with Crippen LogP contribution in [0.25, 0.3) is 0 Å². The van der Waals surface area contributed by atoms with E-state index in [0.717, 1.165) is 10.6 Å². The van der Waals surface area contributed by atoms with E-state index in [1.54, 1.807) is 0 Å². The van der Waals surface area contributed by atoms with Crippen LogP contribution in [0.3, 0.4) is 0 Å². The maximum Gasteiger partial charge on any atom is 0.331 e. The topological polar surface area (TPSA) is 44.0 Å². The van der Waals surface area contributed by atoms with Crippen molar-refractivity contribution in [2.24, 2.45) is 14.0 Å². The molecule has 4 nitrogen and oxygen atoms in total. The summed E-state index contributed by atoms with van der Waals surface area (Å²) >= 11 is 5.51. The van der Waals surface area contributed by atoms with Crippen LogP contribution < -0.4 is 11.2 Å². The highest BCUT2D eigenvalue weighted by molar-refractivity contribution is 6.29. The molecule has 0 unspecified atom stereocenters. The average molecular weight is 178 g/mol. The first kappa shape index (κ1) is 4.77. The highest BCUT2D eigenvalue weighted by Crippen LogP contribution is 1.97. The molecule has 0 atom stereocenters. The van der Waals surface area contributed by atoms with Gasteiger partial charge in [-0.05, 0) is 0 Å². The molecule has 0 aliphatic heterocycles. The van der Waals surface area contributed by atoms with Gasteiger partial charge in [0.2, 0.25) is 0 Å². The third kappa shape index (κ3) is 1.21. The van der Waals surface area contributed by atoms with E-state index in [2.05, 4.69) is 0 Å². The van der Waals surface area contributed by atoms with Crippen molar-refractivity contribution in [3.63, 3.8) is 0 Å². The summed E-state index contributed by atoms with van der Waals surface area (Å²) in [6, 6.07) is 0.884. The summed E-state index contributed by atoms with van der Waals surface area (Å²) in [4.78, 5) is 22.5. The fourth-order valence-electron chi connectivity index (χ4n) is 0.599. The molecule has 1 rings (SSSR count). The fraction of sp³-hybridized carbons (Fsp3) is 0.333.